The van der Waals surface area contributed by atoms with E-state index in [-0.39, 0.29) is 18.1 Å². The van der Waals surface area contributed by atoms with Crippen LogP contribution < -0.4 is 0 Å². The molecule has 0 aliphatic carbocycles. The van der Waals surface area contributed by atoms with Gasteiger partial charge in [-0.2, -0.15) is 0 Å². The number of unbranched alkanes of at least 4 members (excludes halogenated alkanes) is 1. The molecule has 0 radical (unpaired) electrons. The molecule has 0 rings (SSSR count). The first-order chi connectivity index (χ1) is 7.37. The van der Waals surface area contributed by atoms with E-state index < -0.39 is 21.6 Å². The van der Waals surface area contributed by atoms with E-state index in [2.05, 4.69) is 4.74 Å². The molecule has 0 aliphatic rings. The van der Waals surface area contributed by atoms with E-state index >= 15 is 0 Å². The fourth-order valence-corrected chi connectivity index (χ4v) is 2.38. The van der Waals surface area contributed by atoms with Crippen molar-refractivity contribution in [2.45, 2.75) is 33.1 Å². The van der Waals surface area contributed by atoms with E-state index in [1.54, 1.807) is 6.92 Å². The molecule has 0 aromatic heterocycles. The summed E-state index contributed by atoms with van der Waals surface area (Å²) in [6.07, 6.45) is 1.33. The van der Waals surface area contributed by atoms with Crippen molar-refractivity contribution in [3.8, 4) is 0 Å². The number of Topliss-reactive ketones (excluding diaryl/α,β-unsaturated/α-hetero) is 1. The summed E-state index contributed by atoms with van der Waals surface area (Å²) in [4.78, 5) is 21.6. The average molecular weight is 250 g/mol. The van der Waals surface area contributed by atoms with Crippen molar-refractivity contribution < 1.29 is 22.7 Å². The Hall–Kier alpha value is -0.910. The Morgan fingerprint density at radius 3 is 2.31 bits per heavy atom. The summed E-state index contributed by atoms with van der Waals surface area (Å²) in [7, 11) is -3.39. The van der Waals surface area contributed by atoms with Crippen LogP contribution in [-0.2, 0) is 24.2 Å². The molecule has 0 saturated heterocycles. The lowest BCUT2D eigenvalue weighted by Gasteiger charge is -2.03. The molecule has 0 fully saturated rings. The molecule has 0 heterocycles. The second kappa shape index (κ2) is 7.38. The van der Waals surface area contributed by atoms with Crippen molar-refractivity contribution in [1.29, 1.82) is 0 Å². The highest BCUT2D eigenvalue weighted by molar-refractivity contribution is 7.92. The van der Waals surface area contributed by atoms with Gasteiger partial charge in [0, 0.05) is 6.42 Å². The minimum absolute atomic E-state index is 0.0443. The molecular formula is C10H18O5S. The van der Waals surface area contributed by atoms with Crippen LogP contribution in [0.2, 0.25) is 0 Å². The van der Waals surface area contributed by atoms with Gasteiger partial charge in [-0.1, -0.05) is 0 Å². The van der Waals surface area contributed by atoms with Crippen molar-refractivity contribution in [2.75, 3.05) is 18.1 Å². The quantitative estimate of drug-likeness (QED) is 0.468. The van der Waals surface area contributed by atoms with Gasteiger partial charge in [-0.05, 0) is 26.7 Å². The molecule has 0 N–H and O–H groups in total. The summed E-state index contributed by atoms with van der Waals surface area (Å²) in [6.45, 7) is 3.27. The summed E-state index contributed by atoms with van der Waals surface area (Å²) in [5.74, 6) is -1.31. The number of ether oxygens (including phenoxy) is 1. The number of carbonyl (C=O) groups is 2. The maximum atomic E-state index is 11.4. The fraction of sp³-hybridized carbons (Fsp3) is 0.800. The molecule has 0 aliphatic heterocycles. The number of sulfone groups is 1. The Kier molecular flexibility index (Phi) is 6.96. The van der Waals surface area contributed by atoms with Crippen LogP contribution >= 0.6 is 0 Å². The minimum Gasteiger partial charge on any atom is -0.465 e. The van der Waals surface area contributed by atoms with E-state index in [9.17, 15) is 18.0 Å². The van der Waals surface area contributed by atoms with E-state index in [0.717, 1.165) is 0 Å². The fourth-order valence-electron chi connectivity index (χ4n) is 1.15. The van der Waals surface area contributed by atoms with Gasteiger partial charge in [-0.3, -0.25) is 4.79 Å². The second-order valence-electron chi connectivity index (χ2n) is 3.56. The van der Waals surface area contributed by atoms with E-state index in [1.165, 1.54) is 6.92 Å². The highest BCUT2D eigenvalue weighted by Crippen LogP contribution is 2.02. The molecule has 0 bridgehead atoms. The Morgan fingerprint density at radius 1 is 1.19 bits per heavy atom. The van der Waals surface area contributed by atoms with Gasteiger partial charge in [0.1, 0.15) is 11.5 Å². The highest BCUT2D eigenvalue weighted by atomic mass is 32.2. The first-order valence-electron chi connectivity index (χ1n) is 5.23. The van der Waals surface area contributed by atoms with Crippen molar-refractivity contribution in [1.82, 2.24) is 0 Å². The molecule has 5 nitrogen and oxygen atoms in total. The Labute approximate surface area is 96.1 Å². The summed E-state index contributed by atoms with van der Waals surface area (Å²) >= 11 is 0. The average Bonchev–Trinajstić information content (AvgIpc) is 2.11. The maximum absolute atomic E-state index is 11.4. The standard InChI is InChI=1S/C10H18O5S/c1-3-15-10(12)8-16(13,14)7-5-4-6-9(2)11/h3-8H2,1-2H3. The molecule has 0 spiro atoms. The monoisotopic (exact) mass is 250 g/mol. The number of carbonyl (C=O) groups excluding carboxylic acids is 2. The highest BCUT2D eigenvalue weighted by Gasteiger charge is 2.16. The van der Waals surface area contributed by atoms with E-state index in [1.807, 2.05) is 0 Å². The maximum Gasteiger partial charge on any atom is 0.321 e. The molecule has 16 heavy (non-hydrogen) atoms. The van der Waals surface area contributed by atoms with Crippen LogP contribution in [0.1, 0.15) is 33.1 Å². The summed E-state index contributed by atoms with van der Waals surface area (Å²) < 4.78 is 27.3. The van der Waals surface area contributed by atoms with E-state index in [4.69, 9.17) is 0 Å². The number of esters is 1. The molecule has 94 valence electrons. The molecule has 0 unspecified atom stereocenters. The van der Waals surface area contributed by atoms with Crippen LogP contribution in [0, 0.1) is 0 Å². The Morgan fingerprint density at radius 2 is 1.81 bits per heavy atom. The zero-order chi connectivity index (χ0) is 12.6. The summed E-state index contributed by atoms with van der Waals surface area (Å²) in [6, 6.07) is 0. The van der Waals surface area contributed by atoms with Gasteiger partial charge in [0.15, 0.2) is 9.84 Å². The molecule has 0 aromatic carbocycles. The zero-order valence-corrected chi connectivity index (χ0v) is 10.5. The van der Waals surface area contributed by atoms with Crippen molar-refractivity contribution in [3.63, 3.8) is 0 Å². The SMILES string of the molecule is CCOC(=O)CS(=O)(=O)CCCCC(C)=O. The number of hydrogen-bond donors (Lipinski definition) is 0. The molecule has 0 aromatic rings. The predicted molar refractivity (Wildman–Crippen MR) is 59.8 cm³/mol. The van der Waals surface area contributed by atoms with Gasteiger partial charge in [0.05, 0.1) is 12.4 Å². The number of rotatable bonds is 8. The van der Waals surface area contributed by atoms with Crippen LogP contribution in [0.25, 0.3) is 0 Å². The lowest BCUT2D eigenvalue weighted by atomic mass is 10.2. The molecule has 0 amide bonds. The van der Waals surface area contributed by atoms with Crippen LogP contribution in [0.3, 0.4) is 0 Å². The lowest BCUT2D eigenvalue weighted by Crippen LogP contribution is -2.21. The summed E-state index contributed by atoms with van der Waals surface area (Å²) in [5.41, 5.74) is 0. The van der Waals surface area contributed by atoms with Gasteiger partial charge < -0.3 is 9.53 Å². The molecule has 0 atom stereocenters. The topological polar surface area (TPSA) is 77.5 Å². The number of hydrogen-bond acceptors (Lipinski definition) is 5. The van der Waals surface area contributed by atoms with Gasteiger partial charge in [-0.15, -0.1) is 0 Å². The van der Waals surface area contributed by atoms with Crippen LogP contribution in [-0.4, -0.2) is 38.3 Å². The normalized spacial score (nSPS) is 11.1. The van der Waals surface area contributed by atoms with Crippen LogP contribution in [0.5, 0.6) is 0 Å². The third-order valence-electron chi connectivity index (χ3n) is 1.88. The Balaban J connectivity index is 3.87. The van der Waals surface area contributed by atoms with Gasteiger partial charge >= 0.3 is 5.97 Å². The zero-order valence-electron chi connectivity index (χ0n) is 9.69. The van der Waals surface area contributed by atoms with Crippen molar-refractivity contribution >= 4 is 21.6 Å². The smallest absolute Gasteiger partial charge is 0.321 e. The largest absolute Gasteiger partial charge is 0.465 e. The van der Waals surface area contributed by atoms with Gasteiger partial charge in [-0.25, -0.2) is 8.42 Å². The number of ketones is 1. The molecule has 0 saturated carbocycles. The molecular weight excluding hydrogens is 232 g/mol. The first-order valence-corrected chi connectivity index (χ1v) is 7.05. The third kappa shape index (κ3) is 8.40. The van der Waals surface area contributed by atoms with Crippen molar-refractivity contribution in [2.24, 2.45) is 0 Å². The minimum atomic E-state index is -3.39. The van der Waals surface area contributed by atoms with Gasteiger partial charge in [0.2, 0.25) is 0 Å². The van der Waals surface area contributed by atoms with Crippen LogP contribution in [0.15, 0.2) is 0 Å². The van der Waals surface area contributed by atoms with Crippen molar-refractivity contribution in [3.05, 3.63) is 0 Å². The lowest BCUT2D eigenvalue weighted by molar-refractivity contribution is -0.140. The van der Waals surface area contributed by atoms with E-state index in [0.29, 0.717) is 19.3 Å². The third-order valence-corrected chi connectivity index (χ3v) is 3.46. The second-order valence-corrected chi connectivity index (χ2v) is 5.74. The molecule has 6 heteroatoms. The Bertz CT molecular complexity index is 331. The van der Waals surface area contributed by atoms with Gasteiger partial charge in [0.25, 0.3) is 0 Å². The predicted octanol–water partition coefficient (Wildman–Crippen LogP) is 0.724. The summed E-state index contributed by atoms with van der Waals surface area (Å²) in [5, 5.41) is 0. The first kappa shape index (κ1) is 15.1. The van der Waals surface area contributed by atoms with Crippen LogP contribution in [0.4, 0.5) is 0 Å².